The Kier molecular flexibility index (Phi) is 4.37. The number of ether oxygens (including phenoxy) is 1. The maximum Gasteiger partial charge on any atom is 0.274 e. The second kappa shape index (κ2) is 6.46. The van der Waals surface area contributed by atoms with Crippen molar-refractivity contribution in [1.29, 1.82) is 0 Å². The first-order valence-corrected chi connectivity index (χ1v) is 7.33. The van der Waals surface area contributed by atoms with E-state index in [1.54, 1.807) is 0 Å². The summed E-state index contributed by atoms with van der Waals surface area (Å²) >= 11 is 6.02. The van der Waals surface area contributed by atoms with E-state index < -0.39 is 17.6 Å². The molecule has 0 aliphatic carbocycles. The van der Waals surface area contributed by atoms with E-state index in [4.69, 9.17) is 21.5 Å². The first-order chi connectivity index (χ1) is 11.5. The van der Waals surface area contributed by atoms with Crippen molar-refractivity contribution in [3.05, 3.63) is 58.4 Å². The average molecular weight is 351 g/mol. The zero-order chi connectivity index (χ0) is 17.3. The van der Waals surface area contributed by atoms with E-state index in [0.29, 0.717) is 11.4 Å². The predicted molar refractivity (Wildman–Crippen MR) is 83.8 cm³/mol. The van der Waals surface area contributed by atoms with Gasteiger partial charge in [-0.1, -0.05) is 17.7 Å². The van der Waals surface area contributed by atoms with Gasteiger partial charge in [-0.2, -0.15) is 0 Å². The van der Waals surface area contributed by atoms with Crippen molar-refractivity contribution in [3.8, 4) is 5.75 Å². The SMILES string of the molecule is O=C(NO)c1ccc2c(c1)N(Cc1c(F)cccc1Cl)C(=O)CO2. The number of benzene rings is 2. The maximum atomic E-state index is 14.0. The van der Waals surface area contributed by atoms with Crippen LogP contribution in [0.3, 0.4) is 0 Å². The van der Waals surface area contributed by atoms with Gasteiger partial charge in [-0.15, -0.1) is 0 Å². The number of hydroxylamine groups is 1. The van der Waals surface area contributed by atoms with Gasteiger partial charge in [0.1, 0.15) is 11.6 Å². The van der Waals surface area contributed by atoms with Crippen LogP contribution in [-0.2, 0) is 11.3 Å². The minimum atomic E-state index is -0.736. The largest absolute Gasteiger partial charge is 0.482 e. The summed E-state index contributed by atoms with van der Waals surface area (Å²) < 4.78 is 19.3. The number of amides is 2. The van der Waals surface area contributed by atoms with Gasteiger partial charge in [0.05, 0.1) is 12.2 Å². The summed E-state index contributed by atoms with van der Waals surface area (Å²) in [5, 5.41) is 8.93. The molecular formula is C16H12ClFN2O4. The summed E-state index contributed by atoms with van der Waals surface area (Å²) in [4.78, 5) is 25.1. The molecule has 124 valence electrons. The van der Waals surface area contributed by atoms with Crippen LogP contribution in [0, 0.1) is 5.82 Å². The number of nitrogens with one attached hydrogen (secondary N) is 1. The van der Waals surface area contributed by atoms with Gasteiger partial charge in [-0.25, -0.2) is 9.87 Å². The normalized spacial score (nSPS) is 13.3. The minimum Gasteiger partial charge on any atom is -0.482 e. The van der Waals surface area contributed by atoms with Crippen LogP contribution in [0.2, 0.25) is 5.02 Å². The Balaban J connectivity index is 2.03. The van der Waals surface area contributed by atoms with Crippen molar-refractivity contribution in [2.45, 2.75) is 6.54 Å². The van der Waals surface area contributed by atoms with E-state index in [-0.39, 0.29) is 29.3 Å². The van der Waals surface area contributed by atoms with E-state index in [2.05, 4.69) is 0 Å². The molecule has 0 radical (unpaired) electrons. The Labute approximate surface area is 141 Å². The molecule has 2 N–H and O–H groups in total. The van der Waals surface area contributed by atoms with Crippen LogP contribution in [-0.4, -0.2) is 23.6 Å². The fourth-order valence-corrected chi connectivity index (χ4v) is 2.65. The third-order valence-corrected chi connectivity index (χ3v) is 4.00. The molecule has 0 fully saturated rings. The molecule has 0 unspecified atom stereocenters. The first kappa shape index (κ1) is 16.2. The van der Waals surface area contributed by atoms with E-state index in [9.17, 15) is 14.0 Å². The van der Waals surface area contributed by atoms with E-state index in [1.807, 2.05) is 0 Å². The highest BCUT2D eigenvalue weighted by atomic mass is 35.5. The Morgan fingerprint density at radius 1 is 1.38 bits per heavy atom. The van der Waals surface area contributed by atoms with Gasteiger partial charge in [0.25, 0.3) is 11.8 Å². The van der Waals surface area contributed by atoms with Crippen molar-refractivity contribution >= 4 is 29.1 Å². The van der Waals surface area contributed by atoms with E-state index >= 15 is 0 Å². The summed E-state index contributed by atoms with van der Waals surface area (Å²) in [6, 6.07) is 8.58. The van der Waals surface area contributed by atoms with Crippen molar-refractivity contribution in [1.82, 2.24) is 5.48 Å². The molecule has 3 rings (SSSR count). The fraction of sp³-hybridized carbons (Fsp3) is 0.125. The molecule has 0 atom stereocenters. The third kappa shape index (κ3) is 2.91. The number of hydrogen-bond acceptors (Lipinski definition) is 4. The molecule has 24 heavy (non-hydrogen) atoms. The summed E-state index contributed by atoms with van der Waals surface area (Å²) in [5.74, 6) is -1.30. The fourth-order valence-electron chi connectivity index (χ4n) is 2.42. The van der Waals surface area contributed by atoms with Crippen molar-refractivity contribution in [2.24, 2.45) is 0 Å². The van der Waals surface area contributed by atoms with Gasteiger partial charge in [-0.05, 0) is 30.3 Å². The van der Waals surface area contributed by atoms with Crippen LogP contribution in [0.1, 0.15) is 15.9 Å². The molecule has 0 saturated heterocycles. The number of hydrogen-bond donors (Lipinski definition) is 2. The van der Waals surface area contributed by atoms with Crippen LogP contribution in [0.25, 0.3) is 0 Å². The Morgan fingerprint density at radius 3 is 2.88 bits per heavy atom. The number of anilines is 1. The molecule has 0 spiro atoms. The highest BCUT2D eigenvalue weighted by molar-refractivity contribution is 6.31. The van der Waals surface area contributed by atoms with E-state index in [1.165, 1.54) is 46.8 Å². The third-order valence-electron chi connectivity index (χ3n) is 3.64. The minimum absolute atomic E-state index is 0.106. The molecule has 1 aliphatic heterocycles. The van der Waals surface area contributed by atoms with Crippen LogP contribution >= 0.6 is 11.6 Å². The van der Waals surface area contributed by atoms with Gasteiger partial charge in [0.2, 0.25) is 0 Å². The number of carbonyl (C=O) groups is 2. The lowest BCUT2D eigenvalue weighted by Crippen LogP contribution is -2.38. The highest BCUT2D eigenvalue weighted by Crippen LogP contribution is 2.35. The maximum absolute atomic E-state index is 14.0. The molecule has 0 saturated carbocycles. The van der Waals surface area contributed by atoms with Crippen molar-refractivity contribution in [3.63, 3.8) is 0 Å². The zero-order valence-electron chi connectivity index (χ0n) is 12.3. The van der Waals surface area contributed by atoms with Crippen LogP contribution in [0.4, 0.5) is 10.1 Å². The second-order valence-corrected chi connectivity index (χ2v) is 5.50. The molecule has 1 heterocycles. The Hall–Kier alpha value is -2.64. The Morgan fingerprint density at radius 2 is 2.17 bits per heavy atom. The lowest BCUT2D eigenvalue weighted by molar-refractivity contribution is -0.121. The average Bonchev–Trinajstić information content (AvgIpc) is 2.58. The van der Waals surface area contributed by atoms with Gasteiger partial charge >= 0.3 is 0 Å². The number of fused-ring (bicyclic) bond motifs is 1. The number of halogens is 2. The summed E-state index contributed by atoms with van der Waals surface area (Å²) in [5.41, 5.74) is 2.10. The molecular weight excluding hydrogens is 339 g/mol. The van der Waals surface area contributed by atoms with Crippen molar-refractivity contribution < 1.29 is 23.9 Å². The van der Waals surface area contributed by atoms with Crippen molar-refractivity contribution in [2.75, 3.05) is 11.5 Å². The van der Waals surface area contributed by atoms with Crippen LogP contribution in [0.15, 0.2) is 36.4 Å². The molecule has 2 amide bonds. The van der Waals surface area contributed by atoms with Crippen LogP contribution < -0.4 is 15.1 Å². The summed E-state index contributed by atoms with van der Waals surface area (Å²) in [6.45, 7) is -0.310. The monoisotopic (exact) mass is 350 g/mol. The molecule has 1 aliphatic rings. The number of carbonyl (C=O) groups excluding carboxylic acids is 2. The van der Waals surface area contributed by atoms with Gasteiger partial charge in [-0.3, -0.25) is 14.8 Å². The molecule has 2 aromatic rings. The smallest absolute Gasteiger partial charge is 0.274 e. The first-order valence-electron chi connectivity index (χ1n) is 6.96. The van der Waals surface area contributed by atoms with Crippen LogP contribution in [0.5, 0.6) is 5.75 Å². The second-order valence-electron chi connectivity index (χ2n) is 5.09. The highest BCUT2D eigenvalue weighted by Gasteiger charge is 2.28. The number of rotatable bonds is 3. The molecule has 2 aromatic carbocycles. The van der Waals surface area contributed by atoms with E-state index in [0.717, 1.165) is 0 Å². The van der Waals surface area contributed by atoms with Gasteiger partial charge in [0.15, 0.2) is 6.61 Å². The summed E-state index contributed by atoms with van der Waals surface area (Å²) in [6.07, 6.45) is 0. The van der Waals surface area contributed by atoms with Gasteiger partial charge < -0.3 is 9.64 Å². The predicted octanol–water partition coefficient (Wildman–Crippen LogP) is 2.52. The topological polar surface area (TPSA) is 78.9 Å². The molecule has 8 heteroatoms. The zero-order valence-corrected chi connectivity index (χ0v) is 13.0. The standard InChI is InChI=1S/C16H12ClFN2O4/c17-11-2-1-3-12(18)10(11)7-20-13-6-9(16(22)19-23)4-5-14(13)24-8-15(20)21/h1-6,23H,7-8H2,(H,19,22). The molecule has 6 nitrogen and oxygen atoms in total. The lowest BCUT2D eigenvalue weighted by Gasteiger charge is -2.30. The number of nitrogens with zero attached hydrogens (tertiary/aromatic N) is 1. The lowest BCUT2D eigenvalue weighted by atomic mass is 10.1. The molecule has 0 bridgehead atoms. The summed E-state index contributed by atoms with van der Waals surface area (Å²) in [7, 11) is 0. The molecule has 0 aromatic heterocycles. The Bertz CT molecular complexity index is 807. The quantitative estimate of drug-likeness (QED) is 0.658. The van der Waals surface area contributed by atoms with Gasteiger partial charge in [0, 0.05) is 16.1 Å².